The van der Waals surface area contributed by atoms with Crippen LogP contribution in [0.25, 0.3) is 0 Å². The number of aryl methyl sites for hydroxylation is 4. The van der Waals surface area contributed by atoms with Crippen molar-refractivity contribution in [3.05, 3.63) is 162 Å². The molecule has 37 heteroatoms. The fraction of sp³-hybridized carbons (Fsp3) is 0.500. The third-order valence-corrected chi connectivity index (χ3v) is 23.7. The molecule has 1 fully saturated rings. The van der Waals surface area contributed by atoms with Crippen molar-refractivity contribution in [3.8, 4) is 23.0 Å². The smallest absolute Gasteiger partial charge is 0.314 e. The van der Waals surface area contributed by atoms with Crippen LogP contribution in [0.3, 0.4) is 0 Å². The van der Waals surface area contributed by atoms with Crippen LogP contribution in [0.5, 0.6) is 23.0 Å². The quantitative estimate of drug-likeness (QED) is 0.0124. The maximum atomic E-state index is 12.4. The molecular weight excluding hydrogens is 1700 g/mol. The Hall–Kier alpha value is -12.1. The number of nitrogen functional groups attached to an aromatic ring is 4. The molecular formula is C92H131N17O18S2. The van der Waals surface area contributed by atoms with Gasteiger partial charge < -0.3 is 94.0 Å². The molecule has 1 amide bonds. The molecule has 1 aliphatic rings. The highest BCUT2D eigenvalue weighted by atomic mass is 32.2. The van der Waals surface area contributed by atoms with Gasteiger partial charge in [-0.25, -0.2) is 19.9 Å². The highest BCUT2D eigenvalue weighted by molar-refractivity contribution is 7.98. The lowest BCUT2D eigenvalue weighted by Gasteiger charge is -2.23. The van der Waals surface area contributed by atoms with Gasteiger partial charge in [0, 0.05) is 109 Å². The van der Waals surface area contributed by atoms with Gasteiger partial charge >= 0.3 is 29.8 Å². The van der Waals surface area contributed by atoms with Gasteiger partial charge in [-0.1, -0.05) is 103 Å². The molecule has 4 heterocycles. The van der Waals surface area contributed by atoms with Crippen LogP contribution in [-0.2, 0) is 82.4 Å². The molecule has 1 aliphatic carbocycles. The van der Waals surface area contributed by atoms with E-state index in [0.29, 0.717) is 101 Å². The minimum absolute atomic E-state index is 0.0658. The van der Waals surface area contributed by atoms with Crippen LogP contribution < -0.4 is 68.5 Å². The van der Waals surface area contributed by atoms with E-state index in [1.807, 2.05) is 75.9 Å². The Bertz CT molecular complexity index is 5260. The summed E-state index contributed by atoms with van der Waals surface area (Å²) in [6.45, 7) is 22.1. The number of unbranched alkanes of at least 4 members (excludes halogenated alkanes) is 4. The summed E-state index contributed by atoms with van der Waals surface area (Å²) in [6, 6.07) is 21.1. The van der Waals surface area contributed by atoms with E-state index in [1.54, 1.807) is 78.3 Å². The minimum atomic E-state index is -4.15. The van der Waals surface area contributed by atoms with E-state index in [2.05, 4.69) is 93.5 Å². The molecule has 4 aromatic carbocycles. The van der Waals surface area contributed by atoms with Gasteiger partial charge in [-0.2, -0.15) is 40.1 Å². The fourth-order valence-corrected chi connectivity index (χ4v) is 15.1. The number of thioether (sulfide) groups is 1. The number of ether oxygens (including phenoxy) is 4. The van der Waals surface area contributed by atoms with Crippen molar-refractivity contribution >= 4 is 105 Å². The number of benzene rings is 4. The number of amides is 1. The second kappa shape index (κ2) is 50.0. The Morgan fingerprint density at radius 3 is 1.30 bits per heavy atom. The number of methoxy groups -OCH3 is 4. The molecule has 0 bridgehead atoms. The number of hydrogen-bond acceptors (Lipinski definition) is 29. The largest absolute Gasteiger partial charge is 0.496 e. The Kier molecular flexibility index (Phi) is 41.0. The predicted octanol–water partition coefficient (Wildman–Crippen LogP) is 13.6. The molecule has 0 spiro atoms. The highest BCUT2D eigenvalue weighted by Gasteiger charge is 2.52. The molecule has 9 rings (SSSR count). The van der Waals surface area contributed by atoms with Crippen LogP contribution in [0.2, 0.25) is 0 Å². The van der Waals surface area contributed by atoms with Gasteiger partial charge in [0.25, 0.3) is 16.0 Å². The molecule has 129 heavy (non-hydrogen) atoms. The number of carboxylic acids is 5. The van der Waals surface area contributed by atoms with Crippen molar-refractivity contribution in [2.24, 2.45) is 0 Å². The molecule has 1 saturated carbocycles. The van der Waals surface area contributed by atoms with E-state index >= 15 is 0 Å². The average molecular weight is 1830 g/mol. The summed E-state index contributed by atoms with van der Waals surface area (Å²) in [6.07, 6.45) is 15.6. The fourth-order valence-electron chi connectivity index (χ4n) is 14.3. The Balaban J connectivity index is 0.000000266. The Morgan fingerprint density at radius 2 is 0.891 bits per heavy atom. The maximum absolute atomic E-state index is 12.4. The molecule has 0 unspecified atom stereocenters. The third kappa shape index (κ3) is 31.4. The summed E-state index contributed by atoms with van der Waals surface area (Å²) in [4.78, 5) is 106. The first kappa shape index (κ1) is 106. The summed E-state index contributed by atoms with van der Waals surface area (Å²) < 4.78 is 52.6. The molecule has 2 atom stereocenters. The van der Waals surface area contributed by atoms with Gasteiger partial charge in [-0.05, 0) is 181 Å². The number of carboxylic acid groups (broad SMARTS) is 5. The van der Waals surface area contributed by atoms with Gasteiger partial charge in [0.05, 0.1) is 69.0 Å². The molecule has 0 saturated heterocycles. The van der Waals surface area contributed by atoms with Crippen LogP contribution in [0.4, 0.5) is 47.1 Å². The molecule has 35 nitrogen and oxygen atoms in total. The van der Waals surface area contributed by atoms with Gasteiger partial charge in [-0.3, -0.25) is 33.3 Å². The molecule has 19 N–H and O–H groups in total. The van der Waals surface area contributed by atoms with E-state index in [0.717, 1.165) is 162 Å². The SMILES string of the molecule is CCCCNc1nc(N)nc(C)c1Cc1cc(C(=O)NCCS(=O)(=O)O)ccc1OC.CCCCNc1nc(N)nc(C)c1Cc1cc(C2(C(=O)O)CC2)ccc1OC.CCCC[C@@H](CC(=O)O)Nc1nc(N)nc(CCC(=O)O)c1Cc1cc(C(C)(C)C(=O)O)ccc1OC.CCCC[C@@H](CCSC)Nc1nc(N)nc(C)c1Cc1cc(C(C)(C)C(=O)O)ccc1OC. The van der Waals surface area contributed by atoms with Crippen LogP contribution in [0, 0.1) is 20.8 Å². The number of carbonyl (C=O) groups excluding carboxylic acids is 1. The standard InChI is InChI=1S/C26H36N4O7.C25H38N4O3S.C21H28N4O3.C20H29N5O5S/c1-5-6-7-17(14-22(33)34)28-23-18(19(9-11-21(31)32)29-25(27)30-23)13-15-12-16(8-10-20(15)37-4)26(2,3)24(35)36;1-7-8-9-19(12-13-33-6)28-22-20(16(2)27-24(26)29-22)15-17-14-18(10-11-21(17)32-5)25(3,4)23(30)31;1-4-5-10-23-18-16(13(2)24-20(22)25-18)12-14-11-15(6-7-17(14)28-3)21(8-9-21)19(26)27;1-4-5-8-22-18-16(13(2)24-20(21)25-18)12-15-11-14(6-7-17(15)30-3)19(26)23-9-10-31(27,28)29/h8,10,12,17H,5-7,9,11,13-14H2,1-4H3,(H,31,32)(H,33,34)(H,35,36)(H3,27,28,29,30);10-11,14,19H,7-9,12-13,15H2,1-6H3,(H,30,31)(H3,26,27,28,29);6-7,11H,4-5,8-10,12H2,1-3H3,(H,26,27)(H3,22,23,24,25);6-7,11H,4-5,8-10,12H2,1-3H3,(H,23,26)(H,27,28,29)(H3,21,22,24,25)/t17-;19-;;/m00../s1. The zero-order valence-electron chi connectivity index (χ0n) is 77.0. The zero-order valence-corrected chi connectivity index (χ0v) is 78.7. The highest BCUT2D eigenvalue weighted by Crippen LogP contribution is 2.50. The average Bonchev–Trinajstić information content (AvgIpc) is 1.60. The van der Waals surface area contributed by atoms with Crippen LogP contribution >= 0.6 is 11.8 Å². The lowest BCUT2D eigenvalue weighted by molar-refractivity contribution is -0.143. The first-order valence-corrected chi connectivity index (χ1v) is 46.2. The minimum Gasteiger partial charge on any atom is -0.496 e. The van der Waals surface area contributed by atoms with Crippen LogP contribution in [0.1, 0.15) is 246 Å². The Labute approximate surface area is 760 Å². The number of nitrogens with one attached hydrogen (secondary N) is 5. The van der Waals surface area contributed by atoms with E-state index < -0.39 is 73.9 Å². The van der Waals surface area contributed by atoms with Gasteiger partial charge in [-0.15, -0.1) is 0 Å². The number of carbonyl (C=O) groups is 6. The van der Waals surface area contributed by atoms with Gasteiger partial charge in [0.2, 0.25) is 23.8 Å². The van der Waals surface area contributed by atoms with E-state index in [-0.39, 0.29) is 56.0 Å². The summed E-state index contributed by atoms with van der Waals surface area (Å²) in [7, 11) is 2.13. The summed E-state index contributed by atoms with van der Waals surface area (Å²) >= 11 is 1.84. The van der Waals surface area contributed by atoms with Crippen molar-refractivity contribution in [2.45, 2.75) is 233 Å². The number of rotatable bonds is 48. The molecule has 8 aromatic rings. The van der Waals surface area contributed by atoms with E-state index in [4.69, 9.17) is 46.4 Å². The van der Waals surface area contributed by atoms with Crippen molar-refractivity contribution in [1.82, 2.24) is 45.2 Å². The number of aromatic nitrogens is 8. The Morgan fingerprint density at radius 1 is 0.496 bits per heavy atom. The second-order valence-corrected chi connectivity index (χ2v) is 35.3. The van der Waals surface area contributed by atoms with Crippen molar-refractivity contribution < 1.29 is 86.2 Å². The van der Waals surface area contributed by atoms with Gasteiger partial charge in [0.1, 0.15) is 46.3 Å². The number of anilines is 8. The first-order valence-electron chi connectivity index (χ1n) is 43.2. The number of hydrogen-bond donors (Lipinski definition) is 15. The molecule has 704 valence electrons. The molecule has 0 radical (unpaired) electrons. The topological polar surface area (TPSA) is 562 Å². The predicted molar refractivity (Wildman–Crippen MR) is 504 cm³/mol. The lowest BCUT2D eigenvalue weighted by Crippen LogP contribution is -2.29. The summed E-state index contributed by atoms with van der Waals surface area (Å²) in [5.41, 5.74) is 32.3. The number of aliphatic carboxylic acids is 5. The summed E-state index contributed by atoms with van der Waals surface area (Å²) in [5.74, 6) is 0.989. The van der Waals surface area contributed by atoms with Crippen molar-refractivity contribution in [3.63, 3.8) is 0 Å². The van der Waals surface area contributed by atoms with Crippen molar-refractivity contribution in [2.75, 3.05) is 110 Å². The van der Waals surface area contributed by atoms with Gasteiger partial charge in [0.15, 0.2) is 0 Å². The molecule has 0 aliphatic heterocycles. The van der Waals surface area contributed by atoms with Crippen molar-refractivity contribution in [1.29, 1.82) is 0 Å². The number of nitrogens with zero attached hydrogens (tertiary/aromatic N) is 8. The third-order valence-electron chi connectivity index (χ3n) is 22.3. The zero-order chi connectivity index (χ0) is 95.7. The molecule has 4 aromatic heterocycles. The monoisotopic (exact) mass is 1830 g/mol. The lowest BCUT2D eigenvalue weighted by atomic mass is 9.83. The number of nitrogens with two attached hydrogens (primary N) is 4. The van der Waals surface area contributed by atoms with Crippen LogP contribution in [0.15, 0.2) is 72.8 Å². The van der Waals surface area contributed by atoms with E-state index in [1.165, 1.54) is 14.2 Å². The second-order valence-electron chi connectivity index (χ2n) is 32.7. The first-order chi connectivity index (χ1) is 61.1. The maximum Gasteiger partial charge on any atom is 0.314 e. The van der Waals surface area contributed by atoms with E-state index in [9.17, 15) is 62.7 Å². The van der Waals surface area contributed by atoms with Crippen LogP contribution in [-0.4, -0.2) is 192 Å². The normalized spacial score (nSPS) is 12.5. The summed E-state index contributed by atoms with van der Waals surface area (Å²) in [5, 5.41) is 63.7.